The highest BCUT2D eigenvalue weighted by atomic mass is 19.4. The fourth-order valence-electron chi connectivity index (χ4n) is 3.99. The monoisotopic (exact) mass is 432 g/mol. The van der Waals surface area contributed by atoms with Crippen molar-refractivity contribution >= 4 is 11.8 Å². The molecule has 8 heteroatoms. The number of rotatable bonds is 4. The van der Waals surface area contributed by atoms with Crippen molar-refractivity contribution in [2.75, 3.05) is 13.1 Å². The largest absolute Gasteiger partial charge is 0.457 e. The van der Waals surface area contributed by atoms with Gasteiger partial charge in [0.2, 0.25) is 11.8 Å². The van der Waals surface area contributed by atoms with Gasteiger partial charge in [0.25, 0.3) is 0 Å². The highest BCUT2D eigenvalue weighted by Gasteiger charge is 2.30. The molecule has 2 aromatic rings. The molecule has 1 atom stereocenters. The topological polar surface area (TPSA) is 58.6 Å². The summed E-state index contributed by atoms with van der Waals surface area (Å²) in [5.41, 5.74) is 1.38. The van der Waals surface area contributed by atoms with E-state index in [-0.39, 0.29) is 17.7 Å². The molecule has 1 saturated heterocycles. The molecule has 0 bridgehead atoms. The second-order valence-electron chi connectivity index (χ2n) is 8.03. The Morgan fingerprint density at radius 3 is 2.48 bits per heavy atom. The van der Waals surface area contributed by atoms with Crippen molar-refractivity contribution < 1.29 is 27.5 Å². The predicted molar refractivity (Wildman–Crippen MR) is 107 cm³/mol. The Labute approximate surface area is 178 Å². The molecule has 164 valence electrons. The van der Waals surface area contributed by atoms with Crippen molar-refractivity contribution in [1.29, 1.82) is 0 Å². The van der Waals surface area contributed by atoms with E-state index in [0.29, 0.717) is 44.0 Å². The van der Waals surface area contributed by atoms with Gasteiger partial charge in [-0.25, -0.2) is 0 Å². The van der Waals surface area contributed by atoms with Crippen LogP contribution in [0.15, 0.2) is 42.5 Å². The Morgan fingerprint density at radius 2 is 1.81 bits per heavy atom. The Balaban J connectivity index is 1.39. The number of carbonyl (C=O) groups is 2. The van der Waals surface area contributed by atoms with Gasteiger partial charge in [0.05, 0.1) is 5.56 Å². The van der Waals surface area contributed by atoms with Gasteiger partial charge in [-0.05, 0) is 66.3 Å². The molecule has 0 saturated carbocycles. The summed E-state index contributed by atoms with van der Waals surface area (Å²) >= 11 is 0. The number of piperidine rings is 1. The minimum absolute atomic E-state index is 0.0381. The summed E-state index contributed by atoms with van der Waals surface area (Å²) in [4.78, 5) is 25.8. The second kappa shape index (κ2) is 8.61. The van der Waals surface area contributed by atoms with Gasteiger partial charge >= 0.3 is 6.18 Å². The predicted octanol–water partition coefficient (Wildman–Crippen LogP) is 4.30. The molecule has 0 spiro atoms. The van der Waals surface area contributed by atoms with Gasteiger partial charge in [0.15, 0.2) is 0 Å². The molecule has 5 nitrogen and oxygen atoms in total. The third-order valence-electron chi connectivity index (χ3n) is 5.79. The van der Waals surface area contributed by atoms with Crippen molar-refractivity contribution in [3.63, 3.8) is 0 Å². The molecule has 2 amide bonds. The van der Waals surface area contributed by atoms with Gasteiger partial charge < -0.3 is 15.0 Å². The summed E-state index contributed by atoms with van der Waals surface area (Å²) < 4.78 is 43.9. The van der Waals surface area contributed by atoms with Crippen molar-refractivity contribution in [2.45, 2.75) is 38.4 Å². The first-order valence-electron chi connectivity index (χ1n) is 10.3. The third kappa shape index (κ3) is 5.18. The van der Waals surface area contributed by atoms with E-state index in [1.165, 1.54) is 12.1 Å². The van der Waals surface area contributed by atoms with Gasteiger partial charge in [-0.15, -0.1) is 0 Å². The average molecular weight is 432 g/mol. The minimum Gasteiger partial charge on any atom is -0.457 e. The van der Waals surface area contributed by atoms with Crippen molar-refractivity contribution in [3.05, 3.63) is 59.2 Å². The van der Waals surface area contributed by atoms with Crippen LogP contribution in [0.1, 0.15) is 36.0 Å². The number of benzene rings is 2. The van der Waals surface area contributed by atoms with Crippen LogP contribution in [0.3, 0.4) is 0 Å². The number of hydrogen-bond donors (Lipinski definition) is 1. The number of hydrogen-bond acceptors (Lipinski definition) is 3. The smallest absolute Gasteiger partial charge is 0.416 e. The first-order chi connectivity index (χ1) is 14.8. The maximum atomic E-state index is 12.7. The lowest BCUT2D eigenvalue weighted by Crippen LogP contribution is -2.40. The number of ether oxygens (including phenoxy) is 1. The van der Waals surface area contributed by atoms with E-state index in [1.807, 2.05) is 17.0 Å². The van der Waals surface area contributed by atoms with Gasteiger partial charge in [0.1, 0.15) is 11.5 Å². The Morgan fingerprint density at radius 1 is 1.06 bits per heavy atom. The number of alkyl halides is 3. The molecule has 2 aliphatic heterocycles. The third-order valence-corrected chi connectivity index (χ3v) is 5.79. The van der Waals surface area contributed by atoms with Crippen molar-refractivity contribution in [3.8, 4) is 11.5 Å². The summed E-state index contributed by atoms with van der Waals surface area (Å²) in [7, 11) is 0. The second-order valence-corrected chi connectivity index (χ2v) is 8.03. The number of carbonyl (C=O) groups excluding carboxylic acids is 2. The van der Waals surface area contributed by atoms with E-state index in [9.17, 15) is 22.8 Å². The van der Waals surface area contributed by atoms with Crippen molar-refractivity contribution in [2.24, 2.45) is 5.92 Å². The first kappa shape index (κ1) is 21.2. The zero-order valence-corrected chi connectivity index (χ0v) is 16.9. The van der Waals surface area contributed by atoms with Crippen LogP contribution in [0.2, 0.25) is 0 Å². The quantitative estimate of drug-likeness (QED) is 0.784. The van der Waals surface area contributed by atoms with Crippen molar-refractivity contribution in [1.82, 2.24) is 10.2 Å². The molecule has 1 N–H and O–H groups in total. The fraction of sp³-hybridized carbons (Fsp3) is 0.391. The molecule has 2 aromatic carbocycles. The number of halogens is 3. The lowest BCUT2D eigenvalue weighted by Gasteiger charge is -2.31. The molecular formula is C23H23F3N2O3. The van der Waals surface area contributed by atoms with Crippen LogP contribution in [0.4, 0.5) is 13.2 Å². The molecule has 0 radical (unpaired) electrons. The van der Waals surface area contributed by atoms with E-state index in [2.05, 4.69) is 5.32 Å². The van der Waals surface area contributed by atoms with E-state index >= 15 is 0 Å². The van der Waals surface area contributed by atoms with Gasteiger partial charge in [-0.1, -0.05) is 6.07 Å². The van der Waals surface area contributed by atoms with Crippen LogP contribution in [0.25, 0.3) is 0 Å². The highest BCUT2D eigenvalue weighted by molar-refractivity contribution is 5.79. The van der Waals surface area contributed by atoms with E-state index in [0.717, 1.165) is 36.1 Å². The number of fused-ring (bicyclic) bond motifs is 1. The Hall–Kier alpha value is -3.03. The normalized spacial score (nSPS) is 18.9. The van der Waals surface area contributed by atoms with Crippen LogP contribution in [0.5, 0.6) is 11.5 Å². The van der Waals surface area contributed by atoms with Crippen LogP contribution in [-0.4, -0.2) is 29.8 Å². The summed E-state index contributed by atoms with van der Waals surface area (Å²) in [6.07, 6.45) is -2.04. The standard InChI is InChI=1S/C23H23F3N2O3/c24-23(25,26)18-3-6-19(7-4-18)31-20-5-2-16-9-10-28(14-17(16)12-20)22(30)11-15-1-8-21(29)27-13-15/h2-7,12,15H,1,8-11,13-14H2,(H,27,29). The molecule has 31 heavy (non-hydrogen) atoms. The lowest BCUT2D eigenvalue weighted by atomic mass is 9.94. The SMILES string of the molecule is O=C1CCC(CC(=O)N2CCc3ccc(Oc4ccc(C(F)(F)F)cc4)cc3C2)CN1. The van der Waals surface area contributed by atoms with Crippen LogP contribution in [0, 0.1) is 5.92 Å². The number of nitrogens with one attached hydrogen (secondary N) is 1. The zero-order valence-electron chi connectivity index (χ0n) is 16.9. The molecule has 0 aliphatic carbocycles. The lowest BCUT2D eigenvalue weighted by molar-refractivity contribution is -0.137. The highest BCUT2D eigenvalue weighted by Crippen LogP contribution is 2.32. The molecule has 0 aromatic heterocycles. The Bertz CT molecular complexity index is 963. The molecule has 4 rings (SSSR count). The first-order valence-corrected chi connectivity index (χ1v) is 10.3. The van der Waals surface area contributed by atoms with Crippen LogP contribution < -0.4 is 10.1 Å². The van der Waals surface area contributed by atoms with E-state index < -0.39 is 11.7 Å². The minimum atomic E-state index is -4.39. The fourth-order valence-corrected chi connectivity index (χ4v) is 3.99. The molecule has 2 heterocycles. The molecule has 1 unspecified atom stereocenters. The van der Waals surface area contributed by atoms with E-state index in [4.69, 9.17) is 4.74 Å². The van der Waals surface area contributed by atoms with E-state index in [1.54, 1.807) is 6.07 Å². The molecule has 1 fully saturated rings. The summed E-state index contributed by atoms with van der Waals surface area (Å²) in [5, 5.41) is 2.81. The molecular weight excluding hydrogens is 409 g/mol. The zero-order chi connectivity index (χ0) is 22.0. The van der Waals surface area contributed by atoms with Gasteiger partial charge in [0, 0.05) is 32.5 Å². The molecule has 2 aliphatic rings. The van der Waals surface area contributed by atoms with Crippen LogP contribution in [-0.2, 0) is 28.7 Å². The number of nitrogens with zero attached hydrogens (tertiary/aromatic N) is 1. The van der Waals surface area contributed by atoms with Gasteiger partial charge in [-0.2, -0.15) is 13.2 Å². The average Bonchev–Trinajstić information content (AvgIpc) is 2.74. The number of amides is 2. The maximum absolute atomic E-state index is 12.7. The summed E-state index contributed by atoms with van der Waals surface area (Å²) in [5.74, 6) is 1.11. The maximum Gasteiger partial charge on any atom is 0.416 e. The summed E-state index contributed by atoms with van der Waals surface area (Å²) in [6, 6.07) is 10.1. The van der Waals surface area contributed by atoms with Crippen LogP contribution >= 0.6 is 0 Å². The van der Waals surface area contributed by atoms with Gasteiger partial charge in [-0.3, -0.25) is 9.59 Å². The summed E-state index contributed by atoms with van der Waals surface area (Å²) in [6.45, 7) is 1.65. The Kier molecular flexibility index (Phi) is 5.89.